The summed E-state index contributed by atoms with van der Waals surface area (Å²) in [5.41, 5.74) is -0.571. The Balaban J connectivity index is 1.90. The van der Waals surface area contributed by atoms with E-state index in [0.29, 0.717) is 28.4 Å². The zero-order valence-corrected chi connectivity index (χ0v) is 23.0. The summed E-state index contributed by atoms with van der Waals surface area (Å²) < 4.78 is 27.6. The van der Waals surface area contributed by atoms with Crippen molar-refractivity contribution in [1.82, 2.24) is 9.69 Å². The molecular formula is C24H33N3O6S2. The monoisotopic (exact) mass is 523 g/mol. The Morgan fingerprint density at radius 2 is 1.86 bits per heavy atom. The van der Waals surface area contributed by atoms with Crippen LogP contribution < -0.4 is 15.0 Å². The van der Waals surface area contributed by atoms with E-state index in [4.69, 9.17) is 18.6 Å². The van der Waals surface area contributed by atoms with Crippen molar-refractivity contribution < 1.29 is 28.2 Å². The van der Waals surface area contributed by atoms with E-state index in [1.165, 1.54) is 27.8 Å². The number of furan rings is 1. The van der Waals surface area contributed by atoms with Crippen molar-refractivity contribution in [3.8, 4) is 5.75 Å². The van der Waals surface area contributed by atoms with Gasteiger partial charge in [0, 0.05) is 12.5 Å². The van der Waals surface area contributed by atoms with Crippen molar-refractivity contribution in [1.29, 1.82) is 0 Å². The second kappa shape index (κ2) is 10.4. The molecule has 11 heteroatoms. The van der Waals surface area contributed by atoms with Gasteiger partial charge in [0.1, 0.15) is 27.5 Å². The molecule has 9 nitrogen and oxygen atoms in total. The molecule has 0 aliphatic rings. The van der Waals surface area contributed by atoms with E-state index in [0.717, 1.165) is 9.58 Å². The number of methoxy groups -OCH3 is 1. The van der Waals surface area contributed by atoms with Crippen LogP contribution in [0.4, 0.5) is 14.6 Å². The Hall–Kier alpha value is -2.79. The molecule has 0 spiro atoms. The molecule has 0 saturated heterocycles. The Morgan fingerprint density at radius 3 is 2.43 bits per heavy atom. The van der Waals surface area contributed by atoms with Crippen molar-refractivity contribution in [2.75, 3.05) is 12.0 Å². The number of ether oxygens (including phenoxy) is 3. The number of thiophene rings is 1. The highest BCUT2D eigenvalue weighted by Crippen LogP contribution is 2.45. The van der Waals surface area contributed by atoms with Crippen LogP contribution in [0.25, 0.3) is 10.2 Å². The summed E-state index contributed by atoms with van der Waals surface area (Å²) in [7, 11) is 1.59. The molecule has 1 N–H and O–H groups in total. The van der Waals surface area contributed by atoms with E-state index in [9.17, 15) is 9.59 Å². The van der Waals surface area contributed by atoms with Gasteiger partial charge in [0.2, 0.25) is 0 Å². The number of alkyl carbamates (subject to hydrolysis) is 1. The first kappa shape index (κ1) is 26.8. The summed E-state index contributed by atoms with van der Waals surface area (Å²) in [6.07, 6.45) is 1.11. The first-order chi connectivity index (χ1) is 16.3. The molecule has 0 saturated carbocycles. The van der Waals surface area contributed by atoms with Crippen molar-refractivity contribution >= 4 is 50.3 Å². The second-order valence-corrected chi connectivity index (χ2v) is 12.0. The third-order valence-electron chi connectivity index (χ3n) is 4.54. The van der Waals surface area contributed by atoms with Gasteiger partial charge in [-0.05, 0) is 72.1 Å². The van der Waals surface area contributed by atoms with Crippen LogP contribution in [0.1, 0.15) is 59.1 Å². The van der Waals surface area contributed by atoms with Gasteiger partial charge < -0.3 is 23.9 Å². The fourth-order valence-electron chi connectivity index (χ4n) is 3.26. The molecule has 192 valence electrons. The van der Waals surface area contributed by atoms with Gasteiger partial charge >= 0.3 is 12.2 Å². The van der Waals surface area contributed by atoms with E-state index < -0.39 is 23.4 Å². The molecule has 3 heterocycles. The van der Waals surface area contributed by atoms with Crippen molar-refractivity contribution in [3.05, 3.63) is 29.0 Å². The van der Waals surface area contributed by atoms with Gasteiger partial charge in [-0.3, -0.25) is 4.90 Å². The highest BCUT2D eigenvalue weighted by molar-refractivity contribution is 7.25. The molecule has 0 aromatic carbocycles. The molecule has 3 aromatic heterocycles. The molecule has 0 bridgehead atoms. The first-order valence-electron chi connectivity index (χ1n) is 11.2. The number of aromatic nitrogens is 1. The Labute approximate surface area is 213 Å². The van der Waals surface area contributed by atoms with Gasteiger partial charge in [0.25, 0.3) is 0 Å². The number of rotatable bonds is 7. The van der Waals surface area contributed by atoms with Crippen LogP contribution in [0.3, 0.4) is 0 Å². The minimum Gasteiger partial charge on any atom is -0.493 e. The van der Waals surface area contributed by atoms with Gasteiger partial charge in [-0.1, -0.05) is 0 Å². The highest BCUT2D eigenvalue weighted by atomic mass is 32.1. The fourth-order valence-corrected chi connectivity index (χ4v) is 5.61. The lowest BCUT2D eigenvalue weighted by atomic mass is 10.2. The van der Waals surface area contributed by atoms with Crippen LogP contribution in [-0.4, -0.2) is 40.9 Å². The summed E-state index contributed by atoms with van der Waals surface area (Å²) in [6.45, 7) is 13.0. The van der Waals surface area contributed by atoms with Gasteiger partial charge in [-0.15, -0.1) is 11.3 Å². The molecule has 0 radical (unpaired) electrons. The molecule has 1 atom stereocenters. The largest absolute Gasteiger partial charge is 0.493 e. The quantitative estimate of drug-likeness (QED) is 0.384. The second-order valence-electron chi connectivity index (χ2n) is 10.1. The van der Waals surface area contributed by atoms with E-state index in [-0.39, 0.29) is 12.6 Å². The van der Waals surface area contributed by atoms with Gasteiger partial charge in [0.05, 0.1) is 29.5 Å². The number of fused-ring (bicyclic) bond motifs is 1. The standard InChI is InChI=1S/C24H33N3O6S2/c1-14(25-21(28)32-23(2,3)4)12-16-18(30-8)17-19(34-16)20(35-26-17)27(13-15-10-9-11-31-15)22(29)33-24(5,6)7/h9-11,14H,12-13H2,1-8H3,(H,25,28)/t14-/m0/s1. The number of anilines is 1. The zero-order valence-electron chi connectivity index (χ0n) is 21.4. The van der Waals surface area contributed by atoms with Crippen LogP contribution in [0.5, 0.6) is 5.75 Å². The smallest absolute Gasteiger partial charge is 0.415 e. The molecule has 0 unspecified atom stereocenters. The van der Waals surface area contributed by atoms with E-state index in [1.54, 1.807) is 25.5 Å². The lowest BCUT2D eigenvalue weighted by Crippen LogP contribution is -2.38. The van der Waals surface area contributed by atoms with Crippen LogP contribution in [0, 0.1) is 0 Å². The number of nitrogens with zero attached hydrogens (tertiary/aromatic N) is 2. The molecule has 0 aliphatic carbocycles. The summed E-state index contributed by atoms with van der Waals surface area (Å²) in [5.74, 6) is 1.25. The predicted octanol–water partition coefficient (Wildman–Crippen LogP) is 6.36. The zero-order chi connectivity index (χ0) is 26.0. The summed E-state index contributed by atoms with van der Waals surface area (Å²) in [6, 6.07) is 3.37. The minimum atomic E-state index is -0.663. The Morgan fingerprint density at radius 1 is 1.17 bits per heavy atom. The lowest BCUT2D eigenvalue weighted by Gasteiger charge is -2.25. The maximum atomic E-state index is 13.2. The number of carbonyl (C=O) groups excluding carboxylic acids is 2. The van der Waals surface area contributed by atoms with E-state index >= 15 is 0 Å². The van der Waals surface area contributed by atoms with Crippen LogP contribution in [0.2, 0.25) is 0 Å². The van der Waals surface area contributed by atoms with Crippen LogP contribution in [-0.2, 0) is 22.4 Å². The maximum absolute atomic E-state index is 13.2. The van der Waals surface area contributed by atoms with Crippen LogP contribution >= 0.6 is 22.9 Å². The number of nitrogens with one attached hydrogen (secondary N) is 1. The molecule has 2 amide bonds. The van der Waals surface area contributed by atoms with Gasteiger partial charge in [-0.2, -0.15) is 4.37 Å². The Kier molecular flexibility index (Phi) is 8.00. The number of hydrogen-bond donors (Lipinski definition) is 1. The van der Waals surface area contributed by atoms with Crippen molar-refractivity contribution in [2.45, 2.75) is 78.7 Å². The average molecular weight is 524 g/mol. The minimum absolute atomic E-state index is 0.200. The topological polar surface area (TPSA) is 103 Å². The third kappa shape index (κ3) is 7.11. The third-order valence-corrected chi connectivity index (χ3v) is 6.73. The van der Waals surface area contributed by atoms with Gasteiger partial charge in [0.15, 0.2) is 5.75 Å². The summed E-state index contributed by atoms with van der Waals surface area (Å²) in [4.78, 5) is 27.8. The first-order valence-corrected chi connectivity index (χ1v) is 12.8. The molecule has 35 heavy (non-hydrogen) atoms. The molecule has 0 fully saturated rings. The van der Waals surface area contributed by atoms with Crippen molar-refractivity contribution in [2.24, 2.45) is 0 Å². The molecular weight excluding hydrogens is 490 g/mol. The summed E-state index contributed by atoms with van der Waals surface area (Å²) >= 11 is 2.68. The molecule has 3 aromatic rings. The fraction of sp³-hybridized carbons (Fsp3) is 0.542. The lowest BCUT2D eigenvalue weighted by molar-refractivity contribution is 0.0506. The number of carbonyl (C=O) groups is 2. The Bertz CT molecular complexity index is 1150. The van der Waals surface area contributed by atoms with E-state index in [1.807, 2.05) is 48.5 Å². The highest BCUT2D eigenvalue weighted by Gasteiger charge is 2.30. The maximum Gasteiger partial charge on any atom is 0.415 e. The summed E-state index contributed by atoms with van der Waals surface area (Å²) in [5, 5.41) is 3.51. The van der Waals surface area contributed by atoms with Crippen molar-refractivity contribution in [3.63, 3.8) is 0 Å². The van der Waals surface area contributed by atoms with Crippen LogP contribution in [0.15, 0.2) is 22.8 Å². The SMILES string of the molecule is COc1c(C[C@H](C)NC(=O)OC(C)(C)C)sc2c(N(Cc3ccco3)C(=O)OC(C)(C)C)snc12. The number of hydrogen-bond acceptors (Lipinski definition) is 9. The molecule has 3 rings (SSSR count). The normalized spacial score (nSPS) is 12.9. The average Bonchev–Trinajstić information content (AvgIpc) is 3.40. The number of amides is 2. The predicted molar refractivity (Wildman–Crippen MR) is 138 cm³/mol. The van der Waals surface area contributed by atoms with Gasteiger partial charge in [-0.25, -0.2) is 9.59 Å². The van der Waals surface area contributed by atoms with E-state index in [2.05, 4.69) is 9.69 Å². The molecule has 0 aliphatic heterocycles.